The van der Waals surface area contributed by atoms with Crippen LogP contribution in [0.2, 0.25) is 10.0 Å². The Morgan fingerprint density at radius 2 is 1.71 bits per heavy atom. The number of nitrogens with one attached hydrogen (secondary N) is 1. The van der Waals surface area contributed by atoms with E-state index in [1.165, 1.54) is 23.9 Å². The van der Waals surface area contributed by atoms with E-state index >= 15 is 0 Å². The maximum absolute atomic E-state index is 13.2. The first-order chi connectivity index (χ1) is 16.4. The van der Waals surface area contributed by atoms with E-state index < -0.39 is 0 Å². The van der Waals surface area contributed by atoms with Gasteiger partial charge in [-0.25, -0.2) is 4.39 Å². The molecule has 1 heterocycles. The van der Waals surface area contributed by atoms with E-state index in [2.05, 4.69) is 22.4 Å². The fourth-order valence-corrected chi connectivity index (χ4v) is 4.71. The largest absolute Gasteiger partial charge is 0.345 e. The molecule has 4 rings (SSSR count). The Bertz CT molecular complexity index is 1290. The van der Waals surface area contributed by atoms with Gasteiger partial charge in [-0.15, -0.1) is 10.2 Å². The molecule has 0 aliphatic heterocycles. The summed E-state index contributed by atoms with van der Waals surface area (Å²) in [4.78, 5) is 12.7. The molecule has 4 aromatic rings. The first-order valence-corrected chi connectivity index (χ1v) is 12.3. The number of halogens is 3. The number of aromatic nitrogens is 3. The smallest absolute Gasteiger partial charge is 0.251 e. The third-order valence-corrected chi connectivity index (χ3v) is 6.70. The number of hydrogen-bond acceptors (Lipinski definition) is 4. The van der Waals surface area contributed by atoms with Crippen molar-refractivity contribution in [2.45, 2.75) is 30.8 Å². The molecular formula is C25H21Cl2FN4OS. The normalized spacial score (nSPS) is 10.9. The number of rotatable bonds is 8. The molecule has 0 fully saturated rings. The molecule has 174 valence electrons. The van der Waals surface area contributed by atoms with Gasteiger partial charge in [0.05, 0.1) is 17.3 Å². The van der Waals surface area contributed by atoms with Crippen LogP contribution in [0.15, 0.2) is 71.9 Å². The summed E-state index contributed by atoms with van der Waals surface area (Å²) in [6.45, 7) is 2.22. The van der Waals surface area contributed by atoms with Crippen molar-refractivity contribution in [3.63, 3.8) is 0 Å². The van der Waals surface area contributed by atoms with Gasteiger partial charge in [-0.1, -0.05) is 66.2 Å². The number of carbonyl (C=O) groups excluding carboxylic acids is 1. The first-order valence-electron chi connectivity index (χ1n) is 10.6. The number of benzene rings is 3. The van der Waals surface area contributed by atoms with Gasteiger partial charge in [-0.3, -0.25) is 9.36 Å². The van der Waals surface area contributed by atoms with E-state index in [-0.39, 0.29) is 18.3 Å². The number of thioether (sulfide) groups is 1. The molecule has 0 spiro atoms. The van der Waals surface area contributed by atoms with Crippen LogP contribution < -0.4 is 5.32 Å². The summed E-state index contributed by atoms with van der Waals surface area (Å²) in [5.74, 6) is 0.580. The van der Waals surface area contributed by atoms with Crippen molar-refractivity contribution < 1.29 is 9.18 Å². The topological polar surface area (TPSA) is 59.8 Å². The van der Waals surface area contributed by atoms with Gasteiger partial charge in [-0.05, 0) is 60.0 Å². The van der Waals surface area contributed by atoms with E-state index in [9.17, 15) is 9.18 Å². The number of carbonyl (C=O) groups is 1. The number of nitrogens with zero attached hydrogens (tertiary/aromatic N) is 3. The fraction of sp³-hybridized carbons (Fsp3) is 0.160. The number of hydrogen-bond donors (Lipinski definition) is 1. The van der Waals surface area contributed by atoms with Crippen LogP contribution in [0.3, 0.4) is 0 Å². The van der Waals surface area contributed by atoms with Crippen LogP contribution in [0.1, 0.15) is 34.2 Å². The van der Waals surface area contributed by atoms with E-state index in [1.807, 2.05) is 12.1 Å². The number of aryl methyl sites for hydroxylation is 1. The van der Waals surface area contributed by atoms with E-state index in [1.54, 1.807) is 47.0 Å². The van der Waals surface area contributed by atoms with E-state index in [4.69, 9.17) is 23.2 Å². The molecule has 1 amide bonds. The van der Waals surface area contributed by atoms with Crippen molar-refractivity contribution in [2.75, 3.05) is 0 Å². The minimum Gasteiger partial charge on any atom is -0.345 e. The summed E-state index contributed by atoms with van der Waals surface area (Å²) in [7, 11) is 0. The van der Waals surface area contributed by atoms with Crippen molar-refractivity contribution >= 4 is 40.9 Å². The van der Waals surface area contributed by atoms with Gasteiger partial charge >= 0.3 is 0 Å². The molecule has 0 saturated heterocycles. The van der Waals surface area contributed by atoms with Crippen LogP contribution in [0.4, 0.5) is 4.39 Å². The monoisotopic (exact) mass is 514 g/mol. The average molecular weight is 515 g/mol. The molecule has 0 aliphatic rings. The molecule has 0 radical (unpaired) electrons. The van der Waals surface area contributed by atoms with Gasteiger partial charge in [-0.2, -0.15) is 0 Å². The van der Waals surface area contributed by atoms with Crippen LogP contribution in [0.25, 0.3) is 5.69 Å². The zero-order chi connectivity index (χ0) is 24.1. The van der Waals surface area contributed by atoms with Gasteiger partial charge in [0.1, 0.15) is 5.82 Å². The van der Waals surface area contributed by atoms with E-state index in [0.29, 0.717) is 38.0 Å². The Morgan fingerprint density at radius 3 is 2.38 bits per heavy atom. The van der Waals surface area contributed by atoms with Gasteiger partial charge in [0, 0.05) is 16.3 Å². The van der Waals surface area contributed by atoms with Gasteiger partial charge < -0.3 is 5.32 Å². The second-order valence-corrected chi connectivity index (χ2v) is 9.26. The molecule has 3 aromatic carbocycles. The highest BCUT2D eigenvalue weighted by atomic mass is 35.5. The summed E-state index contributed by atoms with van der Waals surface area (Å²) in [5, 5.41) is 13.1. The molecule has 0 bridgehead atoms. The Morgan fingerprint density at radius 1 is 1.00 bits per heavy atom. The highest BCUT2D eigenvalue weighted by Crippen LogP contribution is 2.30. The highest BCUT2D eigenvalue weighted by molar-refractivity contribution is 7.98. The molecule has 1 aromatic heterocycles. The maximum atomic E-state index is 13.2. The predicted molar refractivity (Wildman–Crippen MR) is 134 cm³/mol. The molecule has 0 unspecified atom stereocenters. The zero-order valence-corrected chi connectivity index (χ0v) is 20.6. The van der Waals surface area contributed by atoms with Gasteiger partial charge in [0.15, 0.2) is 11.0 Å². The second kappa shape index (κ2) is 11.0. The van der Waals surface area contributed by atoms with Crippen LogP contribution in [-0.2, 0) is 18.7 Å². The van der Waals surface area contributed by atoms with Crippen LogP contribution in [0.5, 0.6) is 0 Å². The first kappa shape index (κ1) is 24.3. The fourth-order valence-electron chi connectivity index (χ4n) is 3.29. The molecule has 0 aliphatic carbocycles. The standard InChI is InChI=1S/C25H21Cl2FN4OS/c1-2-16-3-7-18(8-4-16)24(33)29-14-23-30-31-25(34-15-17-5-10-20(28)11-6-17)32(23)22-12-9-19(26)13-21(22)27/h3-13H,2,14-15H2,1H3,(H,29,33). The minimum absolute atomic E-state index is 0.150. The molecule has 0 saturated carbocycles. The average Bonchev–Trinajstić information content (AvgIpc) is 3.24. The Kier molecular flexibility index (Phi) is 7.88. The van der Waals surface area contributed by atoms with Crippen molar-refractivity contribution in [3.8, 4) is 5.69 Å². The Labute approximate surface area is 211 Å². The zero-order valence-electron chi connectivity index (χ0n) is 18.3. The summed E-state index contributed by atoms with van der Waals surface area (Å²) in [5.41, 5.74) is 3.32. The summed E-state index contributed by atoms with van der Waals surface area (Å²) in [6, 6.07) is 18.9. The summed E-state index contributed by atoms with van der Waals surface area (Å²) >= 11 is 14.0. The van der Waals surface area contributed by atoms with Crippen LogP contribution >= 0.6 is 35.0 Å². The quantitative estimate of drug-likeness (QED) is 0.272. The summed E-state index contributed by atoms with van der Waals surface area (Å²) in [6.07, 6.45) is 0.908. The molecule has 34 heavy (non-hydrogen) atoms. The molecule has 9 heteroatoms. The van der Waals surface area contributed by atoms with Crippen molar-refractivity contribution in [3.05, 3.63) is 105 Å². The lowest BCUT2D eigenvalue weighted by Gasteiger charge is -2.13. The Hall–Kier alpha value is -2.87. The minimum atomic E-state index is -0.285. The van der Waals surface area contributed by atoms with Crippen molar-refractivity contribution in [2.24, 2.45) is 0 Å². The van der Waals surface area contributed by atoms with Crippen LogP contribution in [0, 0.1) is 5.82 Å². The molecule has 0 atom stereocenters. The lowest BCUT2D eigenvalue weighted by Crippen LogP contribution is -2.24. The lowest BCUT2D eigenvalue weighted by molar-refractivity contribution is 0.0949. The van der Waals surface area contributed by atoms with E-state index in [0.717, 1.165) is 17.5 Å². The van der Waals surface area contributed by atoms with Crippen molar-refractivity contribution in [1.29, 1.82) is 0 Å². The molecule has 1 N–H and O–H groups in total. The van der Waals surface area contributed by atoms with Gasteiger partial charge in [0.25, 0.3) is 5.91 Å². The third-order valence-electron chi connectivity index (χ3n) is 5.16. The SMILES string of the molecule is CCc1ccc(C(=O)NCc2nnc(SCc3ccc(F)cc3)n2-c2ccc(Cl)cc2Cl)cc1. The molecule has 5 nitrogen and oxygen atoms in total. The Balaban J connectivity index is 1.58. The lowest BCUT2D eigenvalue weighted by atomic mass is 10.1. The van der Waals surface area contributed by atoms with Crippen LogP contribution in [-0.4, -0.2) is 20.7 Å². The summed E-state index contributed by atoms with van der Waals surface area (Å²) < 4.78 is 15.0. The second-order valence-electron chi connectivity index (χ2n) is 7.48. The maximum Gasteiger partial charge on any atom is 0.251 e. The van der Waals surface area contributed by atoms with Crippen molar-refractivity contribution in [1.82, 2.24) is 20.1 Å². The highest BCUT2D eigenvalue weighted by Gasteiger charge is 2.18. The third kappa shape index (κ3) is 5.78. The predicted octanol–water partition coefficient (Wildman–Crippen LogP) is 6.50. The number of amides is 1. The van der Waals surface area contributed by atoms with Gasteiger partial charge in [0.2, 0.25) is 0 Å². The molecular weight excluding hydrogens is 494 g/mol.